The SMILES string of the molecule is C1=CC(Nc2ccccc2)(Nc2ccccc2)CC=C1c1ccccc1. The number of hydrogen-bond acceptors (Lipinski definition) is 2. The molecule has 0 spiro atoms. The average Bonchev–Trinajstić information content (AvgIpc) is 2.71. The molecule has 26 heavy (non-hydrogen) atoms. The van der Waals surface area contributed by atoms with Crippen LogP contribution in [0.1, 0.15) is 12.0 Å². The van der Waals surface area contributed by atoms with E-state index in [0.717, 1.165) is 17.8 Å². The van der Waals surface area contributed by atoms with Crippen molar-refractivity contribution in [2.45, 2.75) is 12.1 Å². The fourth-order valence-electron chi connectivity index (χ4n) is 3.26. The number of benzene rings is 3. The lowest BCUT2D eigenvalue weighted by Crippen LogP contribution is -2.44. The Hall–Kier alpha value is -3.26. The van der Waals surface area contributed by atoms with Crippen molar-refractivity contribution < 1.29 is 0 Å². The first-order valence-corrected chi connectivity index (χ1v) is 8.94. The van der Waals surface area contributed by atoms with E-state index >= 15 is 0 Å². The second kappa shape index (κ2) is 7.32. The van der Waals surface area contributed by atoms with E-state index in [1.807, 2.05) is 12.1 Å². The van der Waals surface area contributed by atoms with Gasteiger partial charge in [-0.3, -0.25) is 0 Å². The Bertz CT molecular complexity index is 855. The van der Waals surface area contributed by atoms with E-state index in [1.165, 1.54) is 11.1 Å². The first-order chi connectivity index (χ1) is 12.8. The monoisotopic (exact) mass is 338 g/mol. The van der Waals surface area contributed by atoms with Crippen LogP contribution in [-0.4, -0.2) is 5.66 Å². The van der Waals surface area contributed by atoms with Gasteiger partial charge in [0.1, 0.15) is 5.66 Å². The maximum Gasteiger partial charge on any atom is 0.131 e. The molecular formula is C24H22N2. The summed E-state index contributed by atoms with van der Waals surface area (Å²) in [5.41, 5.74) is 4.33. The molecule has 2 heteroatoms. The van der Waals surface area contributed by atoms with Crippen molar-refractivity contribution >= 4 is 16.9 Å². The molecule has 1 aliphatic rings. The van der Waals surface area contributed by atoms with Crippen LogP contribution in [0.2, 0.25) is 0 Å². The number of nitrogens with one attached hydrogen (secondary N) is 2. The van der Waals surface area contributed by atoms with Gasteiger partial charge in [0.25, 0.3) is 0 Å². The highest BCUT2D eigenvalue weighted by Gasteiger charge is 2.28. The molecule has 4 rings (SSSR count). The first-order valence-electron chi connectivity index (χ1n) is 8.94. The lowest BCUT2D eigenvalue weighted by atomic mass is 9.92. The van der Waals surface area contributed by atoms with Gasteiger partial charge in [0.15, 0.2) is 0 Å². The Morgan fingerprint density at radius 1 is 0.615 bits per heavy atom. The molecule has 0 bridgehead atoms. The molecule has 0 atom stereocenters. The lowest BCUT2D eigenvalue weighted by Gasteiger charge is -2.36. The predicted molar refractivity (Wildman–Crippen MR) is 111 cm³/mol. The summed E-state index contributed by atoms with van der Waals surface area (Å²) in [4.78, 5) is 0. The van der Waals surface area contributed by atoms with Crippen LogP contribution in [0.25, 0.3) is 5.57 Å². The molecular weight excluding hydrogens is 316 g/mol. The van der Waals surface area contributed by atoms with E-state index in [2.05, 4.69) is 108 Å². The van der Waals surface area contributed by atoms with Crippen LogP contribution in [0.15, 0.2) is 109 Å². The second-order valence-corrected chi connectivity index (χ2v) is 6.52. The third-order valence-electron chi connectivity index (χ3n) is 4.58. The number of hydrogen-bond donors (Lipinski definition) is 2. The normalized spacial score (nSPS) is 15.2. The van der Waals surface area contributed by atoms with Gasteiger partial charge in [-0.05, 0) is 41.5 Å². The van der Waals surface area contributed by atoms with Crippen LogP contribution >= 0.6 is 0 Å². The molecule has 1 aliphatic carbocycles. The largest absolute Gasteiger partial charge is 0.359 e. The zero-order valence-electron chi connectivity index (χ0n) is 14.6. The van der Waals surface area contributed by atoms with Gasteiger partial charge in [-0.2, -0.15) is 0 Å². The molecule has 0 saturated heterocycles. The molecule has 128 valence electrons. The zero-order valence-corrected chi connectivity index (χ0v) is 14.6. The maximum absolute atomic E-state index is 3.67. The Kier molecular flexibility index (Phi) is 4.57. The molecule has 0 radical (unpaired) electrons. The molecule has 2 N–H and O–H groups in total. The lowest BCUT2D eigenvalue weighted by molar-refractivity contribution is 0.660. The standard InChI is InChI=1S/C24H22N2/c1-4-10-20(11-5-1)21-16-18-24(19-17-21,25-22-12-6-2-7-13-22)26-23-14-8-3-9-15-23/h1-18,25-26H,19H2. The van der Waals surface area contributed by atoms with Crippen molar-refractivity contribution in [3.8, 4) is 0 Å². The quantitative estimate of drug-likeness (QED) is 0.562. The minimum absolute atomic E-state index is 0.360. The smallest absolute Gasteiger partial charge is 0.131 e. The van der Waals surface area contributed by atoms with E-state index in [-0.39, 0.29) is 5.66 Å². The molecule has 0 saturated carbocycles. The highest BCUT2D eigenvalue weighted by molar-refractivity contribution is 5.76. The Labute approximate surface area is 154 Å². The van der Waals surface area contributed by atoms with Gasteiger partial charge in [0.05, 0.1) is 0 Å². The third kappa shape index (κ3) is 3.70. The summed E-state index contributed by atoms with van der Waals surface area (Å²) in [5.74, 6) is 0. The summed E-state index contributed by atoms with van der Waals surface area (Å²) in [7, 11) is 0. The summed E-state index contributed by atoms with van der Waals surface area (Å²) in [6.45, 7) is 0. The molecule has 0 aliphatic heterocycles. The Morgan fingerprint density at radius 3 is 1.58 bits per heavy atom. The fraction of sp³-hybridized carbons (Fsp3) is 0.0833. The van der Waals surface area contributed by atoms with E-state index < -0.39 is 0 Å². The van der Waals surface area contributed by atoms with Crippen molar-refractivity contribution in [1.29, 1.82) is 0 Å². The van der Waals surface area contributed by atoms with Crippen LogP contribution in [0.4, 0.5) is 11.4 Å². The fourth-order valence-corrected chi connectivity index (χ4v) is 3.26. The number of anilines is 2. The highest BCUT2D eigenvalue weighted by Crippen LogP contribution is 2.31. The van der Waals surface area contributed by atoms with Gasteiger partial charge in [0, 0.05) is 17.8 Å². The third-order valence-corrected chi connectivity index (χ3v) is 4.58. The van der Waals surface area contributed by atoms with Gasteiger partial charge in [-0.25, -0.2) is 0 Å². The molecule has 0 amide bonds. The minimum Gasteiger partial charge on any atom is -0.359 e. The molecule has 2 nitrogen and oxygen atoms in total. The summed E-state index contributed by atoms with van der Waals surface area (Å²) in [6.07, 6.45) is 7.57. The number of allylic oxidation sites excluding steroid dienone is 2. The van der Waals surface area contributed by atoms with Crippen molar-refractivity contribution in [2.75, 3.05) is 10.6 Å². The molecule has 0 fully saturated rings. The van der Waals surface area contributed by atoms with Crippen molar-refractivity contribution in [1.82, 2.24) is 0 Å². The number of para-hydroxylation sites is 2. The molecule has 0 unspecified atom stereocenters. The maximum atomic E-state index is 3.67. The summed E-state index contributed by atoms with van der Waals surface area (Å²) < 4.78 is 0. The van der Waals surface area contributed by atoms with Crippen LogP contribution in [-0.2, 0) is 0 Å². The molecule has 0 heterocycles. The van der Waals surface area contributed by atoms with Crippen LogP contribution < -0.4 is 10.6 Å². The van der Waals surface area contributed by atoms with Gasteiger partial charge in [-0.1, -0.05) is 78.9 Å². The topological polar surface area (TPSA) is 24.1 Å². The van der Waals surface area contributed by atoms with Crippen molar-refractivity contribution in [2.24, 2.45) is 0 Å². The second-order valence-electron chi connectivity index (χ2n) is 6.52. The van der Waals surface area contributed by atoms with Crippen molar-refractivity contribution in [3.05, 3.63) is 115 Å². The van der Waals surface area contributed by atoms with Gasteiger partial charge < -0.3 is 10.6 Å². The highest BCUT2D eigenvalue weighted by atomic mass is 15.2. The zero-order chi connectivity index (χ0) is 17.7. The van der Waals surface area contributed by atoms with Crippen LogP contribution in [0.5, 0.6) is 0 Å². The van der Waals surface area contributed by atoms with Crippen LogP contribution in [0, 0.1) is 0 Å². The summed E-state index contributed by atoms with van der Waals surface area (Å²) >= 11 is 0. The summed E-state index contributed by atoms with van der Waals surface area (Å²) in [6, 6.07) is 31.2. The molecule has 3 aromatic carbocycles. The molecule has 0 aromatic heterocycles. The van der Waals surface area contributed by atoms with Gasteiger partial charge in [-0.15, -0.1) is 0 Å². The van der Waals surface area contributed by atoms with E-state index in [9.17, 15) is 0 Å². The molecule has 3 aromatic rings. The van der Waals surface area contributed by atoms with Gasteiger partial charge >= 0.3 is 0 Å². The predicted octanol–water partition coefficient (Wildman–Crippen LogP) is 5.95. The summed E-state index contributed by atoms with van der Waals surface area (Å²) in [5, 5.41) is 7.34. The van der Waals surface area contributed by atoms with E-state index in [4.69, 9.17) is 0 Å². The Morgan fingerprint density at radius 2 is 1.12 bits per heavy atom. The van der Waals surface area contributed by atoms with E-state index in [0.29, 0.717) is 0 Å². The number of rotatable bonds is 5. The van der Waals surface area contributed by atoms with Crippen molar-refractivity contribution in [3.63, 3.8) is 0 Å². The van der Waals surface area contributed by atoms with Gasteiger partial charge in [0.2, 0.25) is 0 Å². The first kappa shape index (κ1) is 16.2. The average molecular weight is 338 g/mol. The minimum atomic E-state index is -0.360. The Balaban J connectivity index is 1.62. The van der Waals surface area contributed by atoms with E-state index in [1.54, 1.807) is 0 Å². The van der Waals surface area contributed by atoms with Crippen LogP contribution in [0.3, 0.4) is 0 Å².